The van der Waals surface area contributed by atoms with Crippen LogP contribution in [-0.4, -0.2) is 32.9 Å². The summed E-state index contributed by atoms with van der Waals surface area (Å²) in [6.45, 7) is 0.544. The zero-order valence-corrected chi connectivity index (χ0v) is 9.18. The Morgan fingerprint density at radius 3 is 3.06 bits per heavy atom. The molecule has 2 aromatic heterocycles. The number of nitrogens with two attached hydrogens (primary N) is 1. The predicted molar refractivity (Wildman–Crippen MR) is 60.0 cm³/mol. The SMILES string of the molecule is Nc1nc(Cl)nc2c1ccn2COCCO. The first-order valence-electron chi connectivity index (χ1n) is 4.69. The van der Waals surface area contributed by atoms with Crippen molar-refractivity contribution in [3.8, 4) is 0 Å². The van der Waals surface area contributed by atoms with Crippen LogP contribution in [0.3, 0.4) is 0 Å². The van der Waals surface area contributed by atoms with Crippen molar-refractivity contribution in [2.45, 2.75) is 6.73 Å². The van der Waals surface area contributed by atoms with E-state index in [-0.39, 0.29) is 25.2 Å². The van der Waals surface area contributed by atoms with E-state index in [4.69, 9.17) is 27.2 Å². The molecule has 0 radical (unpaired) electrons. The summed E-state index contributed by atoms with van der Waals surface area (Å²) in [5.74, 6) is 0.343. The molecule has 3 N–H and O–H groups in total. The number of aromatic nitrogens is 3. The van der Waals surface area contributed by atoms with Crippen LogP contribution in [0.25, 0.3) is 11.0 Å². The molecule has 2 aromatic rings. The van der Waals surface area contributed by atoms with E-state index in [1.165, 1.54) is 0 Å². The maximum absolute atomic E-state index is 8.60. The van der Waals surface area contributed by atoms with Gasteiger partial charge in [-0.1, -0.05) is 0 Å². The second-order valence-corrected chi connectivity index (χ2v) is 3.50. The molecule has 0 fully saturated rings. The average molecular weight is 243 g/mol. The Labute approximate surface area is 96.6 Å². The Morgan fingerprint density at radius 2 is 2.31 bits per heavy atom. The van der Waals surface area contributed by atoms with Gasteiger partial charge in [0.1, 0.15) is 18.2 Å². The number of nitrogens with zero attached hydrogens (tertiary/aromatic N) is 3. The molecule has 2 rings (SSSR count). The number of aliphatic hydroxyl groups excluding tert-OH is 1. The minimum atomic E-state index is -0.0168. The number of ether oxygens (including phenoxy) is 1. The Balaban J connectivity index is 2.32. The third-order valence-electron chi connectivity index (χ3n) is 2.09. The van der Waals surface area contributed by atoms with Crippen molar-refractivity contribution in [1.29, 1.82) is 0 Å². The topological polar surface area (TPSA) is 86.2 Å². The number of nitrogen functional groups attached to an aromatic ring is 1. The smallest absolute Gasteiger partial charge is 0.226 e. The van der Waals surface area contributed by atoms with E-state index in [2.05, 4.69) is 9.97 Å². The maximum Gasteiger partial charge on any atom is 0.226 e. The molecule has 0 bridgehead atoms. The lowest BCUT2D eigenvalue weighted by molar-refractivity contribution is 0.0502. The van der Waals surface area contributed by atoms with Crippen LogP contribution in [0.4, 0.5) is 5.82 Å². The summed E-state index contributed by atoms with van der Waals surface area (Å²) in [6.07, 6.45) is 1.78. The van der Waals surface area contributed by atoms with Crippen LogP contribution in [0, 0.1) is 0 Å². The Kier molecular flexibility index (Phi) is 3.23. The normalized spacial score (nSPS) is 11.1. The largest absolute Gasteiger partial charge is 0.394 e. The van der Waals surface area contributed by atoms with Crippen LogP contribution in [0.2, 0.25) is 5.28 Å². The molecular formula is C9H11ClN4O2. The molecule has 0 aliphatic heterocycles. The molecule has 0 aliphatic carbocycles. The van der Waals surface area contributed by atoms with Gasteiger partial charge < -0.3 is 20.1 Å². The second-order valence-electron chi connectivity index (χ2n) is 3.16. The first-order chi connectivity index (χ1) is 7.72. The van der Waals surface area contributed by atoms with E-state index in [1.54, 1.807) is 16.8 Å². The Bertz CT molecular complexity index is 499. The van der Waals surface area contributed by atoms with Crippen LogP contribution in [0.1, 0.15) is 0 Å². The van der Waals surface area contributed by atoms with Gasteiger partial charge in [-0.05, 0) is 17.7 Å². The number of halogens is 1. The van der Waals surface area contributed by atoms with Crippen molar-refractivity contribution in [3.63, 3.8) is 0 Å². The lowest BCUT2D eigenvalue weighted by Gasteiger charge is -2.05. The third kappa shape index (κ3) is 2.08. The minimum Gasteiger partial charge on any atom is -0.394 e. The van der Waals surface area contributed by atoms with Crippen LogP contribution < -0.4 is 5.73 Å². The van der Waals surface area contributed by atoms with Gasteiger partial charge in [0.25, 0.3) is 0 Å². The first-order valence-corrected chi connectivity index (χ1v) is 5.06. The molecule has 2 heterocycles. The summed E-state index contributed by atoms with van der Waals surface area (Å²) < 4.78 is 6.93. The highest BCUT2D eigenvalue weighted by molar-refractivity contribution is 6.28. The number of aliphatic hydroxyl groups is 1. The summed E-state index contributed by atoms with van der Waals surface area (Å²) in [4.78, 5) is 7.92. The van der Waals surface area contributed by atoms with E-state index in [9.17, 15) is 0 Å². The standard InChI is InChI=1S/C9H11ClN4O2/c10-9-12-7(11)6-1-2-14(8(6)13-9)5-16-4-3-15/h1-2,15H,3-5H2,(H2,11,12,13). The summed E-state index contributed by atoms with van der Waals surface area (Å²) in [5, 5.41) is 9.43. The fraction of sp³-hybridized carbons (Fsp3) is 0.333. The minimum absolute atomic E-state index is 0.0168. The van der Waals surface area contributed by atoms with Crippen LogP contribution >= 0.6 is 11.6 Å². The van der Waals surface area contributed by atoms with E-state index in [0.29, 0.717) is 11.5 Å². The average Bonchev–Trinajstić information content (AvgIpc) is 2.62. The molecule has 0 saturated carbocycles. The van der Waals surface area contributed by atoms with Crippen molar-refractivity contribution >= 4 is 28.5 Å². The molecule has 7 heteroatoms. The molecule has 0 unspecified atom stereocenters. The van der Waals surface area contributed by atoms with Gasteiger partial charge in [-0.2, -0.15) is 4.98 Å². The van der Waals surface area contributed by atoms with Gasteiger partial charge in [0, 0.05) is 6.20 Å². The highest BCUT2D eigenvalue weighted by Crippen LogP contribution is 2.20. The maximum atomic E-state index is 8.60. The van der Waals surface area contributed by atoms with Crippen molar-refractivity contribution in [2.24, 2.45) is 0 Å². The molecular weight excluding hydrogens is 232 g/mol. The lowest BCUT2D eigenvalue weighted by atomic mass is 10.4. The highest BCUT2D eigenvalue weighted by Gasteiger charge is 2.08. The molecule has 0 atom stereocenters. The summed E-state index contributed by atoms with van der Waals surface area (Å²) in [6, 6.07) is 1.79. The highest BCUT2D eigenvalue weighted by atomic mass is 35.5. The zero-order valence-electron chi connectivity index (χ0n) is 8.43. The monoisotopic (exact) mass is 242 g/mol. The van der Waals surface area contributed by atoms with Gasteiger partial charge in [0.05, 0.1) is 18.6 Å². The van der Waals surface area contributed by atoms with E-state index >= 15 is 0 Å². The van der Waals surface area contributed by atoms with Crippen LogP contribution in [-0.2, 0) is 11.5 Å². The molecule has 0 amide bonds. The van der Waals surface area contributed by atoms with Crippen LogP contribution in [0.15, 0.2) is 12.3 Å². The van der Waals surface area contributed by atoms with Crippen molar-refractivity contribution in [1.82, 2.24) is 14.5 Å². The third-order valence-corrected chi connectivity index (χ3v) is 2.26. The van der Waals surface area contributed by atoms with Gasteiger partial charge >= 0.3 is 0 Å². The number of fused-ring (bicyclic) bond motifs is 1. The van der Waals surface area contributed by atoms with E-state index < -0.39 is 0 Å². The summed E-state index contributed by atoms with van der Waals surface area (Å²) in [7, 11) is 0. The zero-order chi connectivity index (χ0) is 11.5. The fourth-order valence-electron chi connectivity index (χ4n) is 1.39. The Hall–Kier alpha value is -1.37. The summed E-state index contributed by atoms with van der Waals surface area (Å²) >= 11 is 5.72. The van der Waals surface area contributed by atoms with Crippen molar-refractivity contribution in [3.05, 3.63) is 17.5 Å². The molecule has 0 aliphatic rings. The second kappa shape index (κ2) is 4.65. The van der Waals surface area contributed by atoms with Crippen molar-refractivity contribution < 1.29 is 9.84 Å². The number of anilines is 1. The van der Waals surface area contributed by atoms with Crippen LogP contribution in [0.5, 0.6) is 0 Å². The number of rotatable bonds is 4. The Morgan fingerprint density at radius 1 is 1.50 bits per heavy atom. The molecule has 6 nitrogen and oxygen atoms in total. The van der Waals surface area contributed by atoms with Crippen molar-refractivity contribution in [2.75, 3.05) is 18.9 Å². The molecule has 86 valence electrons. The van der Waals surface area contributed by atoms with Gasteiger partial charge in [-0.15, -0.1) is 0 Å². The number of hydrogen-bond acceptors (Lipinski definition) is 5. The fourth-order valence-corrected chi connectivity index (χ4v) is 1.56. The van der Waals surface area contributed by atoms with Gasteiger partial charge in [-0.3, -0.25) is 0 Å². The summed E-state index contributed by atoms with van der Waals surface area (Å²) in [5.41, 5.74) is 6.32. The van der Waals surface area contributed by atoms with Gasteiger partial charge in [0.15, 0.2) is 0 Å². The molecule has 0 aromatic carbocycles. The predicted octanol–water partition coefficient (Wildman–Crippen LogP) is 0.633. The molecule has 0 saturated heterocycles. The quantitative estimate of drug-likeness (QED) is 0.607. The van der Waals surface area contributed by atoms with E-state index in [0.717, 1.165) is 5.39 Å². The number of hydrogen-bond donors (Lipinski definition) is 2. The van der Waals surface area contributed by atoms with E-state index in [1.807, 2.05) is 0 Å². The van der Waals surface area contributed by atoms with Gasteiger partial charge in [0.2, 0.25) is 5.28 Å². The first kappa shape index (κ1) is 11.1. The lowest BCUT2D eigenvalue weighted by Crippen LogP contribution is -2.06. The van der Waals surface area contributed by atoms with Gasteiger partial charge in [-0.25, -0.2) is 4.98 Å². The molecule has 16 heavy (non-hydrogen) atoms. The molecule has 0 spiro atoms.